The number of halogens is 1. The van der Waals surface area contributed by atoms with Crippen molar-refractivity contribution in [3.8, 4) is 11.8 Å². The van der Waals surface area contributed by atoms with Crippen molar-refractivity contribution in [2.45, 2.75) is 12.8 Å². The van der Waals surface area contributed by atoms with Gasteiger partial charge in [-0.1, -0.05) is 41.9 Å². The van der Waals surface area contributed by atoms with Crippen molar-refractivity contribution in [2.24, 2.45) is 0 Å². The van der Waals surface area contributed by atoms with Gasteiger partial charge in [0.2, 0.25) is 0 Å². The lowest BCUT2D eigenvalue weighted by molar-refractivity contribution is 0.838. The van der Waals surface area contributed by atoms with E-state index >= 15 is 0 Å². The van der Waals surface area contributed by atoms with E-state index in [0.717, 1.165) is 40.8 Å². The summed E-state index contributed by atoms with van der Waals surface area (Å²) < 4.78 is 1.85. The first-order valence-electron chi connectivity index (χ1n) is 7.85. The number of nitriles is 1. The van der Waals surface area contributed by atoms with Gasteiger partial charge in [-0.2, -0.15) is 10.4 Å². The summed E-state index contributed by atoms with van der Waals surface area (Å²) in [7, 11) is 0. The number of fused-ring (bicyclic) bond motifs is 1. The molecule has 0 atom stereocenters. The Labute approximate surface area is 145 Å². The van der Waals surface area contributed by atoms with Crippen LogP contribution in [0.2, 0.25) is 5.02 Å². The highest BCUT2D eigenvalue weighted by molar-refractivity contribution is 6.31. The molecule has 4 nitrogen and oxygen atoms in total. The molecular formula is C19H15ClN4. The zero-order valence-electron chi connectivity index (χ0n) is 13.0. The molecule has 5 heteroatoms. The first-order chi connectivity index (χ1) is 11.8. The Bertz CT molecular complexity index is 952. The topological polar surface area (TPSA) is 53.6 Å². The zero-order chi connectivity index (χ0) is 16.5. The molecule has 24 heavy (non-hydrogen) atoms. The second kappa shape index (κ2) is 6.03. The first-order valence-corrected chi connectivity index (χ1v) is 8.23. The molecule has 1 aliphatic rings. The Morgan fingerprint density at radius 1 is 1.17 bits per heavy atom. The van der Waals surface area contributed by atoms with E-state index < -0.39 is 0 Å². The summed E-state index contributed by atoms with van der Waals surface area (Å²) in [6.07, 6.45) is 1.62. The smallest absolute Gasteiger partial charge is 0.133 e. The van der Waals surface area contributed by atoms with Crippen LogP contribution in [0.5, 0.6) is 0 Å². The van der Waals surface area contributed by atoms with E-state index in [1.807, 2.05) is 53.2 Å². The summed E-state index contributed by atoms with van der Waals surface area (Å²) in [5.74, 6) is 0.986. The van der Waals surface area contributed by atoms with E-state index in [-0.39, 0.29) is 0 Å². The second-order valence-corrected chi connectivity index (χ2v) is 6.17. The molecule has 0 spiro atoms. The summed E-state index contributed by atoms with van der Waals surface area (Å²) in [6, 6.07) is 17.6. The molecule has 1 N–H and O–H groups in total. The fourth-order valence-corrected chi connectivity index (χ4v) is 3.34. The van der Waals surface area contributed by atoms with Gasteiger partial charge in [0.05, 0.1) is 16.9 Å². The number of aromatic nitrogens is 2. The molecule has 0 fully saturated rings. The van der Waals surface area contributed by atoms with Crippen molar-refractivity contribution in [2.75, 3.05) is 11.9 Å². The highest BCUT2D eigenvalue weighted by atomic mass is 35.5. The van der Waals surface area contributed by atoms with Crippen LogP contribution in [0.3, 0.4) is 0 Å². The third kappa shape index (κ3) is 2.44. The van der Waals surface area contributed by atoms with Crippen LogP contribution >= 0.6 is 11.6 Å². The molecule has 0 aliphatic carbocycles. The van der Waals surface area contributed by atoms with Gasteiger partial charge in [0.25, 0.3) is 0 Å². The Morgan fingerprint density at radius 2 is 1.96 bits per heavy atom. The lowest BCUT2D eigenvalue weighted by atomic mass is 10.1. The van der Waals surface area contributed by atoms with Gasteiger partial charge in [0, 0.05) is 23.6 Å². The van der Waals surface area contributed by atoms with Gasteiger partial charge >= 0.3 is 0 Å². The molecule has 2 aromatic carbocycles. The minimum atomic E-state index is 0.612. The normalized spacial score (nSPS) is 12.5. The molecule has 0 radical (unpaired) electrons. The Balaban J connectivity index is 1.81. The maximum absolute atomic E-state index is 9.38. The maximum Gasteiger partial charge on any atom is 0.133 e. The maximum atomic E-state index is 9.38. The minimum Gasteiger partial charge on any atom is -0.369 e. The fourth-order valence-electron chi connectivity index (χ4n) is 3.14. The van der Waals surface area contributed by atoms with Gasteiger partial charge in [-0.3, -0.25) is 0 Å². The minimum absolute atomic E-state index is 0.612. The molecule has 0 unspecified atom stereocenters. The molecule has 4 rings (SSSR count). The van der Waals surface area contributed by atoms with Gasteiger partial charge < -0.3 is 5.32 Å². The molecular weight excluding hydrogens is 320 g/mol. The third-order valence-corrected chi connectivity index (χ3v) is 4.67. The molecule has 0 bridgehead atoms. The van der Waals surface area contributed by atoms with E-state index in [1.54, 1.807) is 0 Å². The van der Waals surface area contributed by atoms with Crippen LogP contribution in [0.15, 0.2) is 48.5 Å². The second-order valence-electron chi connectivity index (χ2n) is 5.76. The Hall–Kier alpha value is -2.77. The largest absolute Gasteiger partial charge is 0.369 e. The molecule has 0 saturated heterocycles. The number of nitrogens with one attached hydrogen (secondary N) is 1. The van der Waals surface area contributed by atoms with Crippen molar-refractivity contribution in [1.82, 2.24) is 9.78 Å². The number of para-hydroxylation sites is 1. The highest BCUT2D eigenvalue weighted by Crippen LogP contribution is 2.31. The summed E-state index contributed by atoms with van der Waals surface area (Å²) >= 11 is 6.30. The number of hydrogen-bond acceptors (Lipinski definition) is 3. The monoisotopic (exact) mass is 334 g/mol. The van der Waals surface area contributed by atoms with Crippen molar-refractivity contribution < 1.29 is 0 Å². The standard InChI is InChI=1S/C19H15ClN4/c20-16-7-3-1-5-13(16)11-17-15-9-10-22-19(15)24(23-17)18-8-4-2-6-14(18)12-21/h1-8,22H,9-11H2. The fraction of sp³-hybridized carbons (Fsp3) is 0.158. The first kappa shape index (κ1) is 14.8. The lowest BCUT2D eigenvalue weighted by Crippen LogP contribution is -2.06. The van der Waals surface area contributed by atoms with Crippen molar-refractivity contribution in [3.05, 3.63) is 75.9 Å². The third-order valence-electron chi connectivity index (χ3n) is 4.30. The van der Waals surface area contributed by atoms with E-state index in [1.165, 1.54) is 5.56 Å². The van der Waals surface area contributed by atoms with Crippen LogP contribution in [-0.2, 0) is 12.8 Å². The Morgan fingerprint density at radius 3 is 2.79 bits per heavy atom. The van der Waals surface area contributed by atoms with E-state index in [9.17, 15) is 5.26 Å². The van der Waals surface area contributed by atoms with Crippen LogP contribution in [-0.4, -0.2) is 16.3 Å². The summed E-state index contributed by atoms with van der Waals surface area (Å²) in [4.78, 5) is 0. The summed E-state index contributed by atoms with van der Waals surface area (Å²) in [5, 5.41) is 18.3. The average Bonchev–Trinajstić information content (AvgIpc) is 3.21. The molecule has 3 aromatic rings. The predicted octanol–water partition coefficient (Wildman–Crippen LogP) is 3.96. The van der Waals surface area contributed by atoms with E-state index in [0.29, 0.717) is 12.0 Å². The number of anilines is 1. The van der Waals surface area contributed by atoms with Crippen molar-refractivity contribution >= 4 is 17.4 Å². The number of rotatable bonds is 3. The molecule has 2 heterocycles. The number of hydrogen-bond donors (Lipinski definition) is 1. The molecule has 0 saturated carbocycles. The SMILES string of the molecule is N#Cc1ccccc1-n1nc(Cc2ccccc2Cl)c2c1NCC2. The zero-order valence-corrected chi connectivity index (χ0v) is 13.7. The highest BCUT2D eigenvalue weighted by Gasteiger charge is 2.24. The van der Waals surface area contributed by atoms with Gasteiger partial charge in [0.15, 0.2) is 0 Å². The van der Waals surface area contributed by atoms with Gasteiger partial charge in [0.1, 0.15) is 11.9 Å². The number of nitrogens with zero attached hydrogens (tertiary/aromatic N) is 3. The number of benzene rings is 2. The predicted molar refractivity (Wildman–Crippen MR) is 94.7 cm³/mol. The van der Waals surface area contributed by atoms with Crippen molar-refractivity contribution in [1.29, 1.82) is 5.26 Å². The van der Waals surface area contributed by atoms with E-state index in [2.05, 4.69) is 11.4 Å². The van der Waals surface area contributed by atoms with Crippen LogP contribution in [0.25, 0.3) is 5.69 Å². The Kier molecular flexibility index (Phi) is 3.72. The van der Waals surface area contributed by atoms with Crippen LogP contribution in [0.1, 0.15) is 22.4 Å². The molecule has 1 aliphatic heterocycles. The lowest BCUT2D eigenvalue weighted by Gasteiger charge is -2.08. The summed E-state index contributed by atoms with van der Waals surface area (Å²) in [6.45, 7) is 0.886. The van der Waals surface area contributed by atoms with Crippen molar-refractivity contribution in [3.63, 3.8) is 0 Å². The van der Waals surface area contributed by atoms with Crippen LogP contribution < -0.4 is 5.32 Å². The summed E-state index contributed by atoms with van der Waals surface area (Å²) in [5.41, 5.74) is 4.70. The van der Waals surface area contributed by atoms with Crippen LogP contribution in [0.4, 0.5) is 5.82 Å². The van der Waals surface area contributed by atoms with Gasteiger partial charge in [-0.15, -0.1) is 0 Å². The quantitative estimate of drug-likeness (QED) is 0.789. The van der Waals surface area contributed by atoms with E-state index in [4.69, 9.17) is 16.7 Å². The molecule has 0 amide bonds. The van der Waals surface area contributed by atoms with Crippen LogP contribution in [0, 0.1) is 11.3 Å². The van der Waals surface area contributed by atoms with Gasteiger partial charge in [-0.05, 0) is 30.2 Å². The average molecular weight is 335 g/mol. The molecule has 118 valence electrons. The van der Waals surface area contributed by atoms with Gasteiger partial charge in [-0.25, -0.2) is 4.68 Å². The molecule has 1 aromatic heterocycles.